The first-order valence-corrected chi connectivity index (χ1v) is 7.23. The van der Waals surface area contributed by atoms with Gasteiger partial charge in [-0.15, -0.1) is 11.3 Å². The van der Waals surface area contributed by atoms with Crippen molar-refractivity contribution in [3.8, 4) is 5.75 Å². The van der Waals surface area contributed by atoms with E-state index in [4.69, 9.17) is 4.74 Å². The highest BCUT2D eigenvalue weighted by molar-refractivity contribution is 9.10. The molecule has 0 radical (unpaired) electrons. The fourth-order valence-corrected chi connectivity index (χ4v) is 2.92. The second kappa shape index (κ2) is 5.67. The molecule has 0 fully saturated rings. The summed E-state index contributed by atoms with van der Waals surface area (Å²) in [4.78, 5) is 14.4. The van der Waals surface area contributed by atoms with Gasteiger partial charge in [-0.05, 0) is 36.8 Å². The molecule has 0 saturated heterocycles. The minimum atomic E-state index is 0.0176. The summed E-state index contributed by atoms with van der Waals surface area (Å²) in [5, 5.41) is 0. The van der Waals surface area contributed by atoms with E-state index < -0.39 is 0 Å². The van der Waals surface area contributed by atoms with E-state index in [2.05, 4.69) is 22.9 Å². The molecule has 1 aromatic heterocycles. The number of carbonyl (C=O) groups excluding carboxylic acids is 1. The van der Waals surface area contributed by atoms with Crippen LogP contribution in [0.4, 0.5) is 0 Å². The zero-order valence-electron chi connectivity index (χ0n) is 10.2. The van der Waals surface area contributed by atoms with E-state index in [-0.39, 0.29) is 5.78 Å². The van der Waals surface area contributed by atoms with Crippen molar-refractivity contribution >= 4 is 33.0 Å². The van der Waals surface area contributed by atoms with Crippen molar-refractivity contribution in [1.29, 1.82) is 0 Å². The highest BCUT2D eigenvalue weighted by atomic mass is 79.9. The molecule has 94 valence electrons. The Morgan fingerprint density at radius 1 is 1.33 bits per heavy atom. The van der Waals surface area contributed by atoms with Crippen LogP contribution in [0.5, 0.6) is 5.75 Å². The first-order valence-electron chi connectivity index (χ1n) is 5.62. The van der Waals surface area contributed by atoms with Gasteiger partial charge in [-0.3, -0.25) is 4.79 Å². The molecule has 4 heteroatoms. The van der Waals surface area contributed by atoms with Crippen molar-refractivity contribution < 1.29 is 9.53 Å². The Balaban J connectivity index is 2.39. The van der Waals surface area contributed by atoms with Crippen LogP contribution in [0.15, 0.2) is 34.8 Å². The quantitative estimate of drug-likeness (QED) is 0.783. The summed E-state index contributed by atoms with van der Waals surface area (Å²) in [6.07, 6.45) is 0.954. The molecule has 2 rings (SSSR count). The van der Waals surface area contributed by atoms with E-state index in [1.807, 2.05) is 24.3 Å². The number of carbonyl (C=O) groups is 1. The minimum Gasteiger partial charge on any atom is -0.496 e. The third kappa shape index (κ3) is 2.65. The van der Waals surface area contributed by atoms with E-state index in [0.29, 0.717) is 11.3 Å². The Labute approximate surface area is 119 Å². The highest BCUT2D eigenvalue weighted by Crippen LogP contribution is 2.28. The molecule has 0 unspecified atom stereocenters. The largest absolute Gasteiger partial charge is 0.496 e. The second-order valence-electron chi connectivity index (χ2n) is 3.79. The number of halogens is 1. The predicted molar refractivity (Wildman–Crippen MR) is 77.8 cm³/mol. The van der Waals surface area contributed by atoms with Gasteiger partial charge in [0.25, 0.3) is 0 Å². The maximum Gasteiger partial charge on any atom is 0.206 e. The van der Waals surface area contributed by atoms with Crippen molar-refractivity contribution in [3.63, 3.8) is 0 Å². The first kappa shape index (κ1) is 13.3. The van der Waals surface area contributed by atoms with Gasteiger partial charge in [0.15, 0.2) is 0 Å². The number of thiophene rings is 1. The number of ketones is 1. The van der Waals surface area contributed by atoms with Crippen LogP contribution in [0.25, 0.3) is 0 Å². The molecular weight excluding hydrogens is 312 g/mol. The number of ether oxygens (including phenoxy) is 1. The van der Waals surface area contributed by atoms with E-state index in [9.17, 15) is 4.79 Å². The Hall–Kier alpha value is -1.13. The van der Waals surface area contributed by atoms with Crippen LogP contribution in [-0.4, -0.2) is 12.9 Å². The molecule has 2 nitrogen and oxygen atoms in total. The smallest absolute Gasteiger partial charge is 0.206 e. The molecular formula is C14H13BrO2S. The number of aryl methyl sites for hydroxylation is 1. The Bertz CT molecular complexity index is 575. The molecule has 1 aromatic carbocycles. The average Bonchev–Trinajstić information content (AvgIpc) is 2.86. The molecule has 0 atom stereocenters. The first-order chi connectivity index (χ1) is 8.65. The number of hydrogen-bond donors (Lipinski definition) is 0. The van der Waals surface area contributed by atoms with Crippen LogP contribution in [0.3, 0.4) is 0 Å². The summed E-state index contributed by atoms with van der Waals surface area (Å²) in [5.41, 5.74) is 0.602. The summed E-state index contributed by atoms with van der Waals surface area (Å²) >= 11 is 4.91. The Morgan fingerprint density at radius 3 is 2.72 bits per heavy atom. The topological polar surface area (TPSA) is 26.3 Å². The lowest BCUT2D eigenvalue weighted by Gasteiger charge is -2.06. The number of methoxy groups -OCH3 is 1. The van der Waals surface area contributed by atoms with Gasteiger partial charge in [-0.25, -0.2) is 0 Å². The molecule has 18 heavy (non-hydrogen) atoms. The van der Waals surface area contributed by atoms with Crippen molar-refractivity contribution in [1.82, 2.24) is 0 Å². The molecule has 0 spiro atoms. The monoisotopic (exact) mass is 324 g/mol. The molecule has 2 aromatic rings. The molecule has 0 aliphatic carbocycles. The summed E-state index contributed by atoms with van der Waals surface area (Å²) < 4.78 is 6.16. The van der Waals surface area contributed by atoms with E-state index in [1.54, 1.807) is 24.5 Å². The summed E-state index contributed by atoms with van der Waals surface area (Å²) in [5.74, 6) is 0.616. The van der Waals surface area contributed by atoms with Crippen LogP contribution in [0.2, 0.25) is 0 Å². The highest BCUT2D eigenvalue weighted by Gasteiger charge is 2.16. The molecule has 0 N–H and O–H groups in total. The summed E-state index contributed by atoms with van der Waals surface area (Å²) in [6, 6.07) is 9.33. The van der Waals surface area contributed by atoms with Crippen LogP contribution >= 0.6 is 27.3 Å². The lowest BCUT2D eigenvalue weighted by molar-refractivity contribution is 0.103. The number of rotatable bonds is 4. The van der Waals surface area contributed by atoms with Gasteiger partial charge in [0.2, 0.25) is 5.78 Å². The van der Waals surface area contributed by atoms with Crippen LogP contribution in [0.1, 0.15) is 27.0 Å². The van der Waals surface area contributed by atoms with Crippen molar-refractivity contribution in [3.05, 3.63) is 50.1 Å². The third-order valence-electron chi connectivity index (χ3n) is 2.64. The van der Waals surface area contributed by atoms with Gasteiger partial charge in [0.05, 0.1) is 17.6 Å². The Kier molecular flexibility index (Phi) is 4.19. The molecule has 0 amide bonds. The van der Waals surface area contributed by atoms with Crippen LogP contribution in [-0.2, 0) is 6.42 Å². The van der Waals surface area contributed by atoms with Crippen LogP contribution in [0, 0.1) is 0 Å². The maximum absolute atomic E-state index is 12.4. The van der Waals surface area contributed by atoms with Gasteiger partial charge in [-0.1, -0.05) is 22.9 Å². The second-order valence-corrected chi connectivity index (χ2v) is 5.88. The average molecular weight is 325 g/mol. The lowest BCUT2D eigenvalue weighted by atomic mass is 10.1. The van der Waals surface area contributed by atoms with Gasteiger partial charge in [-0.2, -0.15) is 0 Å². The third-order valence-corrected chi connectivity index (χ3v) is 4.36. The van der Waals surface area contributed by atoms with Gasteiger partial charge >= 0.3 is 0 Å². The standard InChI is InChI=1S/C14H13BrO2S/c1-3-10-5-7-13(18-10)14(16)11-6-4-9(15)8-12(11)17-2/h4-8H,3H2,1-2H3. The van der Waals surface area contributed by atoms with E-state index >= 15 is 0 Å². The molecule has 0 aliphatic rings. The van der Waals surface area contributed by atoms with Gasteiger partial charge in [0, 0.05) is 9.35 Å². The zero-order chi connectivity index (χ0) is 13.1. The van der Waals surface area contributed by atoms with Crippen molar-refractivity contribution in [2.24, 2.45) is 0 Å². The zero-order valence-corrected chi connectivity index (χ0v) is 12.6. The SMILES string of the molecule is CCc1ccc(C(=O)c2ccc(Br)cc2OC)s1. The van der Waals surface area contributed by atoms with Crippen molar-refractivity contribution in [2.75, 3.05) is 7.11 Å². The van der Waals surface area contributed by atoms with Gasteiger partial charge in [0.1, 0.15) is 5.75 Å². The van der Waals surface area contributed by atoms with E-state index in [1.165, 1.54) is 4.88 Å². The fourth-order valence-electron chi connectivity index (χ4n) is 1.68. The molecule has 0 bridgehead atoms. The summed E-state index contributed by atoms with van der Waals surface area (Å²) in [7, 11) is 1.57. The molecule has 0 aliphatic heterocycles. The maximum atomic E-state index is 12.4. The fraction of sp³-hybridized carbons (Fsp3) is 0.214. The molecule has 0 saturated carbocycles. The molecule has 1 heterocycles. The van der Waals surface area contributed by atoms with E-state index in [0.717, 1.165) is 15.8 Å². The van der Waals surface area contributed by atoms with Gasteiger partial charge < -0.3 is 4.74 Å². The number of benzene rings is 1. The minimum absolute atomic E-state index is 0.0176. The predicted octanol–water partition coefficient (Wildman–Crippen LogP) is 4.31. The summed E-state index contributed by atoms with van der Waals surface area (Å²) in [6.45, 7) is 2.08. The number of hydrogen-bond acceptors (Lipinski definition) is 3. The Morgan fingerprint density at radius 2 is 2.11 bits per heavy atom. The lowest BCUT2D eigenvalue weighted by Crippen LogP contribution is -2.01. The normalized spacial score (nSPS) is 10.4. The van der Waals surface area contributed by atoms with Crippen LogP contribution < -0.4 is 4.74 Å². The van der Waals surface area contributed by atoms with Crippen molar-refractivity contribution in [2.45, 2.75) is 13.3 Å².